The van der Waals surface area contributed by atoms with Gasteiger partial charge >= 0.3 is 0 Å². The summed E-state index contributed by atoms with van der Waals surface area (Å²) in [6.07, 6.45) is 3.61. The highest BCUT2D eigenvalue weighted by Gasteiger charge is 2.17. The van der Waals surface area contributed by atoms with Crippen molar-refractivity contribution in [1.82, 2.24) is 5.32 Å². The minimum Gasteiger partial charge on any atom is -0.346 e. The van der Waals surface area contributed by atoms with Crippen LogP contribution in [0.2, 0.25) is 0 Å². The molecule has 1 aliphatic rings. The lowest BCUT2D eigenvalue weighted by molar-refractivity contribution is 0.0939. The Morgan fingerprint density at radius 2 is 1.65 bits per heavy atom. The number of aryl methyl sites for hydroxylation is 5. The van der Waals surface area contributed by atoms with E-state index in [0.717, 1.165) is 16.7 Å². The van der Waals surface area contributed by atoms with E-state index in [1.54, 1.807) is 0 Å². The molecule has 120 valence electrons. The molecular weight excluding hydrogens is 282 g/mol. The van der Waals surface area contributed by atoms with Gasteiger partial charge in [-0.3, -0.25) is 4.79 Å². The van der Waals surface area contributed by atoms with Crippen LogP contribution in [0.15, 0.2) is 30.3 Å². The third-order valence-corrected chi connectivity index (χ3v) is 5.06. The molecule has 23 heavy (non-hydrogen) atoms. The number of nitrogens with one attached hydrogen (secondary N) is 1. The molecule has 2 heteroatoms. The predicted octanol–water partition coefficient (Wildman–Crippen LogP) is 4.59. The number of rotatable bonds is 3. The molecule has 2 aromatic carbocycles. The number of fused-ring (bicyclic) bond motifs is 1. The predicted molar refractivity (Wildman–Crippen MR) is 95.0 cm³/mol. The van der Waals surface area contributed by atoms with Gasteiger partial charge in [0.15, 0.2) is 0 Å². The van der Waals surface area contributed by atoms with Crippen molar-refractivity contribution in [3.63, 3.8) is 0 Å². The molecule has 0 aliphatic heterocycles. The van der Waals surface area contributed by atoms with Crippen LogP contribution in [0.1, 0.15) is 63.1 Å². The fourth-order valence-corrected chi connectivity index (χ4v) is 3.42. The van der Waals surface area contributed by atoms with Crippen LogP contribution < -0.4 is 5.32 Å². The van der Waals surface area contributed by atoms with E-state index in [-0.39, 0.29) is 11.9 Å². The molecule has 1 amide bonds. The summed E-state index contributed by atoms with van der Waals surface area (Å²) < 4.78 is 0. The second-order valence-corrected chi connectivity index (χ2v) is 6.83. The number of carbonyl (C=O) groups excluding carboxylic acids is 1. The van der Waals surface area contributed by atoms with Crippen molar-refractivity contribution in [2.75, 3.05) is 0 Å². The van der Waals surface area contributed by atoms with Crippen LogP contribution in [0.5, 0.6) is 0 Å². The normalized spacial score (nSPS) is 14.4. The van der Waals surface area contributed by atoms with Crippen LogP contribution in [-0.2, 0) is 12.8 Å². The van der Waals surface area contributed by atoms with Crippen molar-refractivity contribution in [3.05, 3.63) is 69.3 Å². The monoisotopic (exact) mass is 307 g/mol. The molecule has 0 unspecified atom stereocenters. The van der Waals surface area contributed by atoms with Crippen LogP contribution in [0.3, 0.4) is 0 Å². The molecule has 0 heterocycles. The number of carbonyl (C=O) groups is 1. The van der Waals surface area contributed by atoms with Gasteiger partial charge in [0.25, 0.3) is 5.91 Å². The molecule has 3 rings (SSSR count). The first-order valence-electron chi connectivity index (χ1n) is 8.46. The maximum Gasteiger partial charge on any atom is 0.252 e. The summed E-state index contributed by atoms with van der Waals surface area (Å²) >= 11 is 0. The quantitative estimate of drug-likeness (QED) is 0.882. The van der Waals surface area contributed by atoms with Gasteiger partial charge in [0.1, 0.15) is 0 Å². The molecule has 2 aromatic rings. The third kappa shape index (κ3) is 3.17. The van der Waals surface area contributed by atoms with Crippen LogP contribution in [0, 0.1) is 20.8 Å². The Hall–Kier alpha value is -2.09. The fourth-order valence-electron chi connectivity index (χ4n) is 3.42. The molecule has 0 aromatic heterocycles. The molecule has 2 nitrogen and oxygen atoms in total. The zero-order valence-electron chi connectivity index (χ0n) is 14.5. The molecule has 1 N–H and O–H groups in total. The number of benzene rings is 2. The summed E-state index contributed by atoms with van der Waals surface area (Å²) in [7, 11) is 0. The van der Waals surface area contributed by atoms with Gasteiger partial charge in [0.05, 0.1) is 6.04 Å². The van der Waals surface area contributed by atoms with Crippen LogP contribution in [0.4, 0.5) is 0 Å². The largest absolute Gasteiger partial charge is 0.346 e. The summed E-state index contributed by atoms with van der Waals surface area (Å²) in [6, 6.07) is 10.7. The molecule has 1 aliphatic carbocycles. The maximum atomic E-state index is 12.6. The van der Waals surface area contributed by atoms with Gasteiger partial charge in [-0.1, -0.05) is 24.3 Å². The Bertz CT molecular complexity index is 761. The summed E-state index contributed by atoms with van der Waals surface area (Å²) in [5.41, 5.74) is 8.31. The van der Waals surface area contributed by atoms with Crippen molar-refractivity contribution in [2.45, 2.75) is 53.0 Å². The molecule has 1 atom stereocenters. The Kier molecular flexibility index (Phi) is 4.25. The van der Waals surface area contributed by atoms with Crippen molar-refractivity contribution in [3.8, 4) is 0 Å². The maximum absolute atomic E-state index is 12.6. The topological polar surface area (TPSA) is 29.1 Å². The highest BCUT2D eigenvalue weighted by molar-refractivity contribution is 5.96. The van der Waals surface area contributed by atoms with Gasteiger partial charge < -0.3 is 5.32 Å². The number of amides is 1. The van der Waals surface area contributed by atoms with E-state index in [4.69, 9.17) is 0 Å². The van der Waals surface area contributed by atoms with Gasteiger partial charge in [-0.25, -0.2) is 0 Å². The van der Waals surface area contributed by atoms with Crippen molar-refractivity contribution < 1.29 is 4.79 Å². The van der Waals surface area contributed by atoms with E-state index in [2.05, 4.69) is 50.4 Å². The van der Waals surface area contributed by atoms with Crippen LogP contribution >= 0.6 is 0 Å². The summed E-state index contributed by atoms with van der Waals surface area (Å²) in [6.45, 7) is 8.19. The van der Waals surface area contributed by atoms with Crippen molar-refractivity contribution in [2.24, 2.45) is 0 Å². The first-order chi connectivity index (χ1) is 11.0. The van der Waals surface area contributed by atoms with Crippen molar-refractivity contribution in [1.29, 1.82) is 0 Å². The van der Waals surface area contributed by atoms with Gasteiger partial charge in [0.2, 0.25) is 0 Å². The molecule has 0 saturated carbocycles. The van der Waals surface area contributed by atoms with Gasteiger partial charge in [-0.15, -0.1) is 0 Å². The van der Waals surface area contributed by atoms with E-state index < -0.39 is 0 Å². The first-order valence-corrected chi connectivity index (χ1v) is 8.46. The zero-order valence-corrected chi connectivity index (χ0v) is 14.5. The van der Waals surface area contributed by atoms with Crippen molar-refractivity contribution >= 4 is 5.91 Å². The SMILES string of the molecule is Cc1cc(C)c(C(=O)N[C@@H](C)c2ccc3c(c2)CCC3)cc1C. The molecule has 0 spiro atoms. The Labute approximate surface area is 138 Å². The van der Waals surface area contributed by atoms with Gasteiger partial charge in [-0.05, 0) is 86.4 Å². The molecule has 0 saturated heterocycles. The highest BCUT2D eigenvalue weighted by atomic mass is 16.1. The Balaban J connectivity index is 1.78. The first kappa shape index (κ1) is 15.8. The Morgan fingerprint density at radius 3 is 2.43 bits per heavy atom. The Morgan fingerprint density at radius 1 is 0.957 bits per heavy atom. The van der Waals surface area contributed by atoms with E-state index in [1.165, 1.54) is 41.5 Å². The fraction of sp³-hybridized carbons (Fsp3) is 0.381. The highest BCUT2D eigenvalue weighted by Crippen LogP contribution is 2.25. The molecule has 0 fully saturated rings. The van der Waals surface area contributed by atoms with Crippen LogP contribution in [0.25, 0.3) is 0 Å². The standard InChI is InChI=1S/C21H25NO/c1-13-10-15(3)20(11-14(13)2)21(23)22-16(4)18-9-8-17-6-5-7-19(17)12-18/h8-12,16H,5-7H2,1-4H3,(H,22,23)/t16-/m0/s1. The second kappa shape index (κ2) is 6.19. The summed E-state index contributed by atoms with van der Waals surface area (Å²) in [5, 5.41) is 3.15. The van der Waals surface area contributed by atoms with Gasteiger partial charge in [0, 0.05) is 5.56 Å². The van der Waals surface area contributed by atoms with E-state index in [0.29, 0.717) is 0 Å². The minimum atomic E-state index is 0.0126. The lowest BCUT2D eigenvalue weighted by Gasteiger charge is -2.17. The zero-order chi connectivity index (χ0) is 16.6. The number of hydrogen-bond donors (Lipinski definition) is 1. The van der Waals surface area contributed by atoms with E-state index >= 15 is 0 Å². The van der Waals surface area contributed by atoms with Gasteiger partial charge in [-0.2, -0.15) is 0 Å². The lowest BCUT2D eigenvalue weighted by atomic mass is 9.99. The van der Waals surface area contributed by atoms with E-state index in [1.807, 2.05) is 13.0 Å². The van der Waals surface area contributed by atoms with Crippen LogP contribution in [-0.4, -0.2) is 5.91 Å². The second-order valence-electron chi connectivity index (χ2n) is 6.83. The smallest absolute Gasteiger partial charge is 0.252 e. The molecule has 0 bridgehead atoms. The summed E-state index contributed by atoms with van der Waals surface area (Å²) in [5.74, 6) is 0.0126. The minimum absolute atomic E-state index is 0.0126. The van der Waals surface area contributed by atoms with E-state index in [9.17, 15) is 4.79 Å². The molecular formula is C21H25NO. The lowest BCUT2D eigenvalue weighted by Crippen LogP contribution is -2.27. The third-order valence-electron chi connectivity index (χ3n) is 5.06. The average Bonchev–Trinajstić information content (AvgIpc) is 2.98. The number of hydrogen-bond acceptors (Lipinski definition) is 1. The average molecular weight is 307 g/mol. The molecule has 0 radical (unpaired) electrons. The summed E-state index contributed by atoms with van der Waals surface area (Å²) in [4.78, 5) is 12.6.